The molecule has 0 saturated heterocycles. The van der Waals surface area contributed by atoms with Crippen molar-refractivity contribution in [2.75, 3.05) is 7.11 Å². The quantitative estimate of drug-likeness (QED) is 0.450. The Morgan fingerprint density at radius 2 is 1.74 bits per heavy atom. The van der Waals surface area contributed by atoms with Crippen LogP contribution in [0, 0.1) is 13.8 Å². The Hall–Kier alpha value is -2.44. The van der Waals surface area contributed by atoms with Crippen molar-refractivity contribution in [1.82, 2.24) is 4.57 Å². The largest absolute Gasteiger partial charge is 0.467 e. The summed E-state index contributed by atoms with van der Waals surface area (Å²) in [4.78, 5) is 26.2. The molecule has 0 aliphatic carbocycles. The number of esters is 1. The number of nitrogens with zero attached hydrogens (tertiary/aromatic N) is 1. The Morgan fingerprint density at radius 1 is 1.06 bits per heavy atom. The number of rotatable bonds is 4. The summed E-state index contributed by atoms with van der Waals surface area (Å²) >= 11 is 3.47. The van der Waals surface area contributed by atoms with Crippen molar-refractivity contribution in [1.29, 1.82) is 0 Å². The molecule has 1 aromatic heterocycles. The molecule has 2 aromatic carbocycles. The van der Waals surface area contributed by atoms with Crippen molar-refractivity contribution in [3.8, 4) is 11.1 Å². The molecule has 31 heavy (non-hydrogen) atoms. The molecular weight excluding hydrogens is 458 g/mol. The van der Waals surface area contributed by atoms with Crippen LogP contribution in [0.15, 0.2) is 45.7 Å². The van der Waals surface area contributed by atoms with Crippen LogP contribution in [-0.2, 0) is 21.3 Å². The molecule has 5 nitrogen and oxygen atoms in total. The first-order valence-electron chi connectivity index (χ1n) is 10.1. The van der Waals surface area contributed by atoms with Crippen LogP contribution in [0.5, 0.6) is 0 Å². The van der Waals surface area contributed by atoms with Crippen LogP contribution in [0.25, 0.3) is 21.9 Å². The van der Waals surface area contributed by atoms with Crippen LogP contribution < -0.4 is 5.56 Å². The molecule has 1 heterocycles. The minimum Gasteiger partial charge on any atom is -0.467 e. The normalized spacial score (nSPS) is 12.8. The summed E-state index contributed by atoms with van der Waals surface area (Å²) < 4.78 is 13.6. The number of hydrogen-bond donors (Lipinski definition) is 0. The van der Waals surface area contributed by atoms with Gasteiger partial charge in [-0.1, -0.05) is 45.8 Å². The molecule has 0 saturated carbocycles. The van der Waals surface area contributed by atoms with E-state index in [-0.39, 0.29) is 5.56 Å². The Morgan fingerprint density at radius 3 is 2.32 bits per heavy atom. The van der Waals surface area contributed by atoms with Gasteiger partial charge in [0.2, 0.25) is 0 Å². The topological polar surface area (TPSA) is 57.5 Å². The van der Waals surface area contributed by atoms with Gasteiger partial charge in [-0.3, -0.25) is 4.79 Å². The van der Waals surface area contributed by atoms with Gasteiger partial charge in [-0.05, 0) is 63.3 Å². The maximum Gasteiger partial charge on any atom is 0.341 e. The van der Waals surface area contributed by atoms with Crippen molar-refractivity contribution >= 4 is 32.7 Å². The van der Waals surface area contributed by atoms with Crippen molar-refractivity contribution in [3.63, 3.8) is 0 Å². The molecule has 0 N–H and O–H groups in total. The monoisotopic (exact) mass is 485 g/mol. The van der Waals surface area contributed by atoms with Crippen LogP contribution >= 0.6 is 15.9 Å². The summed E-state index contributed by atoms with van der Waals surface area (Å²) in [6.07, 6.45) is -1.06. The number of benzene rings is 2. The van der Waals surface area contributed by atoms with Gasteiger partial charge < -0.3 is 14.0 Å². The number of carbonyl (C=O) groups is 1. The lowest BCUT2D eigenvalue weighted by Crippen LogP contribution is -2.33. The molecule has 164 valence electrons. The Balaban J connectivity index is 2.52. The third-order valence-corrected chi connectivity index (χ3v) is 5.68. The van der Waals surface area contributed by atoms with Gasteiger partial charge in [0.15, 0.2) is 6.10 Å². The predicted octanol–water partition coefficient (Wildman–Crippen LogP) is 5.61. The van der Waals surface area contributed by atoms with E-state index in [9.17, 15) is 9.59 Å². The second kappa shape index (κ2) is 8.60. The van der Waals surface area contributed by atoms with Crippen LogP contribution in [0.2, 0.25) is 0 Å². The maximum absolute atomic E-state index is 13.3. The summed E-state index contributed by atoms with van der Waals surface area (Å²) in [5, 5.41) is 1.33. The van der Waals surface area contributed by atoms with E-state index in [4.69, 9.17) is 9.47 Å². The smallest absolute Gasteiger partial charge is 0.341 e. The molecule has 0 bridgehead atoms. The number of halogens is 1. The third-order valence-electron chi connectivity index (χ3n) is 5.19. The maximum atomic E-state index is 13.3. The number of methoxy groups -OCH3 is 1. The van der Waals surface area contributed by atoms with Crippen LogP contribution in [0.4, 0.5) is 0 Å². The molecule has 0 spiro atoms. The highest BCUT2D eigenvalue weighted by Crippen LogP contribution is 2.39. The fourth-order valence-corrected chi connectivity index (χ4v) is 4.23. The van der Waals surface area contributed by atoms with Crippen molar-refractivity contribution < 1.29 is 14.3 Å². The van der Waals surface area contributed by atoms with Crippen LogP contribution in [0.3, 0.4) is 0 Å². The van der Waals surface area contributed by atoms with Crippen LogP contribution in [-0.4, -0.2) is 23.2 Å². The van der Waals surface area contributed by atoms with Gasteiger partial charge in [0.25, 0.3) is 5.56 Å². The zero-order valence-electron chi connectivity index (χ0n) is 19.0. The van der Waals surface area contributed by atoms with E-state index in [2.05, 4.69) is 22.0 Å². The Labute approximate surface area is 191 Å². The SMILES string of the molecule is COC(=O)C(OC(C)(C)C)c1c(-c2ccc(C)cc2C)c2ccc(Br)cc2c(=O)n1C. The summed E-state index contributed by atoms with van der Waals surface area (Å²) in [6.45, 7) is 9.68. The van der Waals surface area contributed by atoms with E-state index in [1.165, 1.54) is 11.7 Å². The number of fused-ring (bicyclic) bond motifs is 1. The van der Waals surface area contributed by atoms with Gasteiger partial charge >= 0.3 is 5.97 Å². The number of aromatic nitrogens is 1. The standard InChI is InChI=1S/C25H28BrNO4/c1-14-8-10-17(15(2)12-14)20-18-11-9-16(26)13-19(18)23(28)27(6)21(20)22(24(29)30-7)31-25(3,4)5/h8-13,22H,1-7H3. The van der Waals surface area contributed by atoms with E-state index < -0.39 is 17.7 Å². The van der Waals surface area contributed by atoms with Crippen molar-refractivity contribution in [2.24, 2.45) is 7.05 Å². The van der Waals surface area contributed by atoms with Crippen molar-refractivity contribution in [3.05, 3.63) is 68.0 Å². The first-order chi connectivity index (χ1) is 14.4. The van der Waals surface area contributed by atoms with Crippen LogP contribution in [0.1, 0.15) is 43.7 Å². The summed E-state index contributed by atoms with van der Waals surface area (Å²) in [5.41, 5.74) is 3.55. The fourth-order valence-electron chi connectivity index (χ4n) is 3.87. The van der Waals surface area contributed by atoms with Gasteiger partial charge in [0.05, 0.1) is 18.4 Å². The molecule has 3 rings (SSSR count). The fraction of sp³-hybridized carbons (Fsp3) is 0.360. The van der Waals surface area contributed by atoms with E-state index in [0.29, 0.717) is 11.1 Å². The van der Waals surface area contributed by atoms with Gasteiger partial charge in [-0.2, -0.15) is 0 Å². The first-order valence-corrected chi connectivity index (χ1v) is 10.9. The molecule has 0 radical (unpaired) electrons. The number of carbonyl (C=O) groups excluding carboxylic acids is 1. The molecule has 1 atom stereocenters. The van der Waals surface area contributed by atoms with E-state index in [0.717, 1.165) is 32.1 Å². The lowest BCUT2D eigenvalue weighted by molar-refractivity contribution is -0.165. The second-order valence-electron chi connectivity index (χ2n) is 8.77. The van der Waals surface area contributed by atoms with Gasteiger partial charge in [0, 0.05) is 22.5 Å². The third kappa shape index (κ3) is 4.60. The Kier molecular flexibility index (Phi) is 6.44. The van der Waals surface area contributed by atoms with E-state index in [1.807, 2.05) is 65.0 Å². The molecule has 3 aromatic rings. The average molecular weight is 486 g/mol. The van der Waals surface area contributed by atoms with E-state index >= 15 is 0 Å². The molecule has 0 aliphatic heterocycles. The molecule has 0 aliphatic rings. The molecule has 0 fully saturated rings. The Bertz CT molecular complexity index is 1220. The second-order valence-corrected chi connectivity index (χ2v) is 9.68. The lowest BCUT2D eigenvalue weighted by atomic mass is 9.91. The van der Waals surface area contributed by atoms with Gasteiger partial charge in [0.1, 0.15) is 0 Å². The number of ether oxygens (including phenoxy) is 2. The van der Waals surface area contributed by atoms with E-state index in [1.54, 1.807) is 7.05 Å². The minimum atomic E-state index is -1.06. The number of aryl methyl sites for hydroxylation is 2. The first kappa shape index (κ1) is 23.2. The summed E-state index contributed by atoms with van der Waals surface area (Å²) in [5.74, 6) is -0.549. The minimum absolute atomic E-state index is 0.203. The molecule has 6 heteroatoms. The number of hydrogen-bond acceptors (Lipinski definition) is 4. The zero-order valence-corrected chi connectivity index (χ0v) is 20.6. The van der Waals surface area contributed by atoms with Crippen molar-refractivity contribution in [2.45, 2.75) is 46.3 Å². The predicted molar refractivity (Wildman–Crippen MR) is 127 cm³/mol. The van der Waals surface area contributed by atoms with Gasteiger partial charge in [-0.15, -0.1) is 0 Å². The summed E-state index contributed by atoms with van der Waals surface area (Å²) in [6, 6.07) is 11.8. The highest BCUT2D eigenvalue weighted by molar-refractivity contribution is 9.10. The zero-order chi connectivity index (χ0) is 23.1. The average Bonchev–Trinajstić information content (AvgIpc) is 2.68. The molecule has 0 amide bonds. The lowest BCUT2D eigenvalue weighted by Gasteiger charge is -2.29. The molecular formula is C25H28BrNO4. The van der Waals surface area contributed by atoms with Gasteiger partial charge in [-0.25, -0.2) is 4.79 Å². The highest BCUT2D eigenvalue weighted by Gasteiger charge is 2.34. The summed E-state index contributed by atoms with van der Waals surface area (Å²) in [7, 11) is 3.00. The molecule has 1 unspecified atom stereocenters. The number of pyridine rings is 1. The highest BCUT2D eigenvalue weighted by atomic mass is 79.9.